The zero-order valence-electron chi connectivity index (χ0n) is 9.72. The van der Waals surface area contributed by atoms with Crippen LogP contribution in [-0.2, 0) is 11.2 Å². The van der Waals surface area contributed by atoms with Crippen LogP contribution in [0.3, 0.4) is 0 Å². The van der Waals surface area contributed by atoms with Gasteiger partial charge >= 0.3 is 5.97 Å². The summed E-state index contributed by atoms with van der Waals surface area (Å²) in [7, 11) is 3.07. The van der Waals surface area contributed by atoms with Crippen LogP contribution in [0.25, 0.3) is 0 Å². The van der Waals surface area contributed by atoms with E-state index in [4.69, 9.17) is 11.6 Å². The first-order valence-corrected chi connectivity index (χ1v) is 5.74. The third-order valence-electron chi connectivity index (χ3n) is 2.98. The molecule has 17 heavy (non-hydrogen) atoms. The summed E-state index contributed by atoms with van der Waals surface area (Å²) < 4.78 is 18.6. The van der Waals surface area contributed by atoms with Gasteiger partial charge in [-0.05, 0) is 24.5 Å². The van der Waals surface area contributed by atoms with E-state index < -0.39 is 11.8 Å². The Morgan fingerprint density at radius 1 is 1.59 bits per heavy atom. The van der Waals surface area contributed by atoms with Gasteiger partial charge in [0.1, 0.15) is 5.56 Å². The zero-order valence-corrected chi connectivity index (χ0v) is 10.5. The Kier molecular flexibility index (Phi) is 3.24. The number of aryl methyl sites for hydroxylation is 1. The van der Waals surface area contributed by atoms with E-state index in [0.717, 1.165) is 24.9 Å². The minimum absolute atomic E-state index is 0.0283. The number of carbonyl (C=O) groups excluding carboxylic acids is 1. The lowest BCUT2D eigenvalue weighted by molar-refractivity contribution is 0.0596. The van der Waals surface area contributed by atoms with Gasteiger partial charge in [-0.15, -0.1) is 0 Å². The molecule has 0 saturated heterocycles. The number of halogens is 2. The number of rotatable bonds is 1. The van der Waals surface area contributed by atoms with E-state index in [9.17, 15) is 9.18 Å². The average Bonchev–Trinajstić information content (AvgIpc) is 2.31. The van der Waals surface area contributed by atoms with E-state index >= 15 is 0 Å². The van der Waals surface area contributed by atoms with Crippen molar-refractivity contribution in [1.82, 2.24) is 0 Å². The molecular formula is C12H13ClFNO2. The quantitative estimate of drug-likeness (QED) is 0.725. The van der Waals surface area contributed by atoms with Gasteiger partial charge in [0.15, 0.2) is 5.82 Å². The molecule has 1 aromatic rings. The number of ether oxygens (including phenoxy) is 1. The summed E-state index contributed by atoms with van der Waals surface area (Å²) in [6.45, 7) is 0.790. The molecule has 5 heteroatoms. The van der Waals surface area contributed by atoms with Crippen LogP contribution in [0, 0.1) is 5.82 Å². The van der Waals surface area contributed by atoms with Crippen molar-refractivity contribution < 1.29 is 13.9 Å². The van der Waals surface area contributed by atoms with Crippen LogP contribution < -0.4 is 4.90 Å². The summed E-state index contributed by atoms with van der Waals surface area (Å²) >= 11 is 5.80. The smallest absolute Gasteiger partial charge is 0.343 e. The normalized spacial score (nSPS) is 14.5. The summed E-state index contributed by atoms with van der Waals surface area (Å²) in [4.78, 5) is 13.5. The molecule has 0 radical (unpaired) electrons. The molecule has 0 unspecified atom stereocenters. The molecule has 0 amide bonds. The number of fused-ring (bicyclic) bond motifs is 1. The molecule has 0 fully saturated rings. The van der Waals surface area contributed by atoms with Crippen molar-refractivity contribution in [2.75, 3.05) is 25.6 Å². The first-order valence-electron chi connectivity index (χ1n) is 5.36. The second-order valence-corrected chi connectivity index (χ2v) is 4.48. The van der Waals surface area contributed by atoms with Crippen LogP contribution in [-0.4, -0.2) is 26.7 Å². The van der Waals surface area contributed by atoms with E-state index in [1.165, 1.54) is 7.11 Å². The molecule has 3 nitrogen and oxygen atoms in total. The second-order valence-electron chi connectivity index (χ2n) is 4.07. The SMILES string of the molecule is COC(=O)c1c(F)c(Cl)cc2c1N(C)CCC2. The van der Waals surface area contributed by atoms with Crippen LogP contribution in [0.4, 0.5) is 10.1 Å². The fraction of sp³-hybridized carbons (Fsp3) is 0.417. The van der Waals surface area contributed by atoms with Crippen LogP contribution >= 0.6 is 11.6 Å². The average molecular weight is 258 g/mol. The predicted octanol–water partition coefficient (Wildman–Crippen LogP) is 2.65. The van der Waals surface area contributed by atoms with Crippen LogP contribution in [0.2, 0.25) is 5.02 Å². The van der Waals surface area contributed by atoms with E-state index in [1.54, 1.807) is 6.07 Å². The number of anilines is 1. The number of carbonyl (C=O) groups is 1. The van der Waals surface area contributed by atoms with Crippen LogP contribution in [0.1, 0.15) is 22.3 Å². The molecule has 1 heterocycles. The van der Waals surface area contributed by atoms with E-state index in [0.29, 0.717) is 5.69 Å². The first kappa shape index (κ1) is 12.2. The summed E-state index contributed by atoms with van der Waals surface area (Å²) in [6, 6.07) is 1.59. The minimum atomic E-state index is -0.703. The molecule has 0 N–H and O–H groups in total. The molecule has 0 saturated carbocycles. The maximum absolute atomic E-state index is 13.9. The highest BCUT2D eigenvalue weighted by atomic mass is 35.5. The maximum atomic E-state index is 13.9. The highest BCUT2D eigenvalue weighted by molar-refractivity contribution is 6.31. The molecular weight excluding hydrogens is 245 g/mol. The van der Waals surface area contributed by atoms with Crippen molar-refractivity contribution in [2.24, 2.45) is 0 Å². The Balaban J connectivity index is 2.69. The lowest BCUT2D eigenvalue weighted by Gasteiger charge is -2.29. The summed E-state index contributed by atoms with van der Waals surface area (Å²) in [6.07, 6.45) is 1.76. The van der Waals surface area contributed by atoms with Crippen molar-refractivity contribution in [2.45, 2.75) is 12.8 Å². The number of methoxy groups -OCH3 is 1. The van der Waals surface area contributed by atoms with Crippen molar-refractivity contribution >= 4 is 23.3 Å². The standard InChI is InChI=1S/C12H13ClFNO2/c1-15-5-3-4-7-6-8(13)10(14)9(11(7)15)12(16)17-2/h6H,3-5H2,1-2H3. The molecule has 2 rings (SSSR count). The van der Waals surface area contributed by atoms with Crippen molar-refractivity contribution in [3.8, 4) is 0 Å². The van der Waals surface area contributed by atoms with Crippen molar-refractivity contribution in [1.29, 1.82) is 0 Å². The van der Waals surface area contributed by atoms with E-state index in [2.05, 4.69) is 4.74 Å². The number of esters is 1. The lowest BCUT2D eigenvalue weighted by atomic mass is 9.97. The van der Waals surface area contributed by atoms with Gasteiger partial charge in [-0.2, -0.15) is 0 Å². The van der Waals surface area contributed by atoms with Crippen molar-refractivity contribution in [3.63, 3.8) is 0 Å². The number of nitrogens with zero attached hydrogens (tertiary/aromatic N) is 1. The molecule has 0 aromatic heterocycles. The van der Waals surface area contributed by atoms with Gasteiger partial charge in [0, 0.05) is 13.6 Å². The monoisotopic (exact) mass is 257 g/mol. The van der Waals surface area contributed by atoms with Gasteiger partial charge in [0.25, 0.3) is 0 Å². The Labute approximate surface area is 104 Å². The van der Waals surface area contributed by atoms with Gasteiger partial charge in [0.2, 0.25) is 0 Å². The molecule has 0 spiro atoms. The summed E-state index contributed by atoms with van der Waals surface area (Å²) in [5, 5.41) is -0.0283. The fourth-order valence-electron chi connectivity index (χ4n) is 2.20. The van der Waals surface area contributed by atoms with Crippen molar-refractivity contribution in [3.05, 3.63) is 28.0 Å². The molecule has 1 aliphatic rings. The Hall–Kier alpha value is -1.29. The molecule has 0 aliphatic carbocycles. The largest absolute Gasteiger partial charge is 0.465 e. The number of hydrogen-bond acceptors (Lipinski definition) is 3. The highest BCUT2D eigenvalue weighted by Crippen LogP contribution is 2.35. The summed E-state index contributed by atoms with van der Waals surface area (Å²) in [5.74, 6) is -1.39. The molecule has 0 bridgehead atoms. The minimum Gasteiger partial charge on any atom is -0.465 e. The fourth-order valence-corrected chi connectivity index (χ4v) is 2.43. The van der Waals surface area contributed by atoms with E-state index in [-0.39, 0.29) is 10.6 Å². The lowest BCUT2D eigenvalue weighted by Crippen LogP contribution is -2.28. The van der Waals surface area contributed by atoms with Crippen LogP contribution in [0.15, 0.2) is 6.07 Å². The van der Waals surface area contributed by atoms with Gasteiger partial charge in [-0.25, -0.2) is 9.18 Å². The highest BCUT2D eigenvalue weighted by Gasteiger charge is 2.27. The third kappa shape index (κ3) is 1.97. The van der Waals surface area contributed by atoms with Crippen LogP contribution in [0.5, 0.6) is 0 Å². The molecule has 1 aromatic carbocycles. The predicted molar refractivity (Wildman–Crippen MR) is 64.3 cm³/mol. The Bertz CT molecular complexity index is 476. The van der Waals surface area contributed by atoms with Gasteiger partial charge in [-0.3, -0.25) is 0 Å². The number of benzene rings is 1. The van der Waals surface area contributed by atoms with E-state index in [1.807, 2.05) is 11.9 Å². The topological polar surface area (TPSA) is 29.5 Å². The van der Waals surface area contributed by atoms with Gasteiger partial charge in [-0.1, -0.05) is 11.6 Å². The Morgan fingerprint density at radius 3 is 2.94 bits per heavy atom. The second kappa shape index (κ2) is 4.53. The summed E-state index contributed by atoms with van der Waals surface area (Å²) in [5.41, 5.74) is 1.44. The molecule has 92 valence electrons. The van der Waals surface area contributed by atoms with Gasteiger partial charge in [0.05, 0.1) is 17.8 Å². The molecule has 0 atom stereocenters. The molecule has 1 aliphatic heterocycles. The third-order valence-corrected chi connectivity index (χ3v) is 3.26. The van der Waals surface area contributed by atoms with Gasteiger partial charge < -0.3 is 9.64 Å². The maximum Gasteiger partial charge on any atom is 0.343 e. The number of hydrogen-bond donors (Lipinski definition) is 0. The first-order chi connectivity index (χ1) is 8.06. The zero-order chi connectivity index (χ0) is 12.6. The Morgan fingerprint density at radius 2 is 2.29 bits per heavy atom.